The van der Waals surface area contributed by atoms with E-state index in [4.69, 9.17) is 10.3 Å². The molecule has 0 aliphatic carbocycles. The van der Waals surface area contributed by atoms with Crippen LogP contribution in [0.3, 0.4) is 0 Å². The lowest BCUT2D eigenvalue weighted by molar-refractivity contribution is -0.141. The highest BCUT2D eigenvalue weighted by atomic mass is 16.5. The third kappa shape index (κ3) is 3.65. The van der Waals surface area contributed by atoms with E-state index in [2.05, 4.69) is 15.0 Å². The Bertz CT molecular complexity index is 827. The number of hydrogen-bond acceptors (Lipinski definition) is 6. The van der Waals surface area contributed by atoms with Crippen LogP contribution in [-0.4, -0.2) is 53.0 Å². The number of rotatable bonds is 4. The standard InChI is InChI=1S/C19H23N5O3/c20-15(25)12-24-13-19(7-6-16(24)26)8-10-23(11-9-19)18-21-17(22-27-18)14-4-2-1-3-5-14/h1-5H,6-13H2,(H2,20,25). The van der Waals surface area contributed by atoms with Gasteiger partial charge in [-0.05, 0) is 24.7 Å². The fourth-order valence-corrected chi connectivity index (χ4v) is 4.06. The van der Waals surface area contributed by atoms with Gasteiger partial charge in [-0.3, -0.25) is 9.59 Å². The summed E-state index contributed by atoms with van der Waals surface area (Å²) in [6, 6.07) is 10.3. The van der Waals surface area contributed by atoms with Gasteiger partial charge < -0.3 is 20.1 Å². The number of hydrogen-bond donors (Lipinski definition) is 1. The summed E-state index contributed by atoms with van der Waals surface area (Å²) >= 11 is 0. The molecule has 2 aromatic rings. The third-order valence-corrected chi connectivity index (χ3v) is 5.64. The number of aromatic nitrogens is 2. The quantitative estimate of drug-likeness (QED) is 0.874. The lowest BCUT2D eigenvalue weighted by atomic mass is 9.72. The van der Waals surface area contributed by atoms with Crippen LogP contribution in [-0.2, 0) is 9.59 Å². The molecule has 2 N–H and O–H groups in total. The molecule has 2 saturated heterocycles. The van der Waals surface area contributed by atoms with Crippen molar-refractivity contribution in [2.45, 2.75) is 25.7 Å². The molecule has 8 heteroatoms. The molecule has 1 aromatic heterocycles. The Morgan fingerprint density at radius 2 is 1.93 bits per heavy atom. The van der Waals surface area contributed by atoms with E-state index in [1.165, 1.54) is 0 Å². The maximum absolute atomic E-state index is 12.1. The van der Waals surface area contributed by atoms with Gasteiger partial charge in [-0.25, -0.2) is 0 Å². The fraction of sp³-hybridized carbons (Fsp3) is 0.474. The van der Waals surface area contributed by atoms with Crippen molar-refractivity contribution in [1.29, 1.82) is 0 Å². The lowest BCUT2D eigenvalue weighted by Gasteiger charge is -2.46. The number of benzene rings is 1. The molecule has 2 aliphatic rings. The van der Waals surface area contributed by atoms with Gasteiger partial charge in [0.25, 0.3) is 0 Å². The molecule has 0 bridgehead atoms. The molecule has 8 nitrogen and oxygen atoms in total. The van der Waals surface area contributed by atoms with Crippen molar-refractivity contribution >= 4 is 17.8 Å². The van der Waals surface area contributed by atoms with E-state index in [1.807, 2.05) is 30.3 Å². The maximum atomic E-state index is 12.1. The van der Waals surface area contributed by atoms with Crippen LogP contribution < -0.4 is 10.6 Å². The predicted octanol–water partition coefficient (Wildman–Crippen LogP) is 1.43. The first-order valence-corrected chi connectivity index (χ1v) is 9.25. The smallest absolute Gasteiger partial charge is 0.324 e. The number of carbonyl (C=O) groups excluding carboxylic acids is 2. The molecule has 2 amide bonds. The van der Waals surface area contributed by atoms with Gasteiger partial charge in [-0.2, -0.15) is 4.98 Å². The van der Waals surface area contributed by atoms with Crippen LogP contribution in [0.4, 0.5) is 6.01 Å². The Hall–Kier alpha value is -2.90. The average molecular weight is 369 g/mol. The number of primary amides is 1. The van der Waals surface area contributed by atoms with Gasteiger partial charge in [-0.15, -0.1) is 0 Å². The molecule has 2 fully saturated rings. The molecule has 142 valence electrons. The molecular weight excluding hydrogens is 346 g/mol. The summed E-state index contributed by atoms with van der Waals surface area (Å²) in [6.45, 7) is 2.18. The number of likely N-dealkylation sites (tertiary alicyclic amines) is 1. The second-order valence-electron chi connectivity index (χ2n) is 7.47. The Balaban J connectivity index is 1.41. The topological polar surface area (TPSA) is 106 Å². The summed E-state index contributed by atoms with van der Waals surface area (Å²) in [4.78, 5) is 31.5. The molecule has 1 aromatic carbocycles. The normalized spacial score (nSPS) is 19.5. The van der Waals surface area contributed by atoms with Crippen LogP contribution in [0.1, 0.15) is 25.7 Å². The highest BCUT2D eigenvalue weighted by molar-refractivity contribution is 5.84. The summed E-state index contributed by atoms with van der Waals surface area (Å²) in [5, 5.41) is 4.09. The zero-order valence-electron chi connectivity index (χ0n) is 15.1. The van der Waals surface area contributed by atoms with E-state index >= 15 is 0 Å². The molecular formula is C19H23N5O3. The van der Waals surface area contributed by atoms with Crippen LogP contribution in [0.25, 0.3) is 11.4 Å². The largest absolute Gasteiger partial charge is 0.368 e. The minimum absolute atomic E-state index is 0.00833. The first kappa shape index (κ1) is 17.5. The minimum Gasteiger partial charge on any atom is -0.368 e. The number of anilines is 1. The van der Waals surface area contributed by atoms with Crippen LogP contribution in [0.15, 0.2) is 34.9 Å². The molecule has 2 aliphatic heterocycles. The van der Waals surface area contributed by atoms with Gasteiger partial charge in [0.1, 0.15) is 0 Å². The van der Waals surface area contributed by atoms with Crippen molar-refractivity contribution in [2.75, 3.05) is 31.1 Å². The number of amides is 2. The number of piperidine rings is 2. The minimum atomic E-state index is -0.461. The van der Waals surface area contributed by atoms with Crippen molar-refractivity contribution < 1.29 is 14.1 Å². The summed E-state index contributed by atoms with van der Waals surface area (Å²) < 4.78 is 5.46. The second kappa shape index (κ2) is 7.02. The second-order valence-corrected chi connectivity index (χ2v) is 7.47. The SMILES string of the molecule is NC(=O)CN1CC2(CCC1=O)CCN(c1nc(-c3ccccc3)no1)CC2. The summed E-state index contributed by atoms with van der Waals surface area (Å²) in [6.07, 6.45) is 3.16. The molecule has 27 heavy (non-hydrogen) atoms. The van der Waals surface area contributed by atoms with Gasteiger partial charge >= 0.3 is 6.01 Å². The molecule has 0 radical (unpaired) electrons. The van der Waals surface area contributed by atoms with Gasteiger partial charge in [0.2, 0.25) is 17.6 Å². The average Bonchev–Trinajstić information content (AvgIpc) is 3.16. The van der Waals surface area contributed by atoms with Gasteiger partial charge in [0.15, 0.2) is 0 Å². The Morgan fingerprint density at radius 3 is 2.63 bits per heavy atom. The number of nitrogens with two attached hydrogens (primary N) is 1. The van der Waals surface area contributed by atoms with Crippen molar-refractivity contribution in [3.8, 4) is 11.4 Å². The van der Waals surface area contributed by atoms with Crippen molar-refractivity contribution in [3.63, 3.8) is 0 Å². The first-order valence-electron chi connectivity index (χ1n) is 9.25. The zero-order valence-corrected chi connectivity index (χ0v) is 15.1. The van der Waals surface area contributed by atoms with Gasteiger partial charge in [-0.1, -0.05) is 35.5 Å². The number of nitrogens with zero attached hydrogens (tertiary/aromatic N) is 4. The number of carbonyl (C=O) groups is 2. The molecule has 1 spiro atoms. The monoisotopic (exact) mass is 369 g/mol. The highest BCUT2D eigenvalue weighted by Gasteiger charge is 2.42. The van der Waals surface area contributed by atoms with E-state index in [-0.39, 0.29) is 17.9 Å². The van der Waals surface area contributed by atoms with E-state index < -0.39 is 5.91 Å². The third-order valence-electron chi connectivity index (χ3n) is 5.64. The van der Waals surface area contributed by atoms with Crippen molar-refractivity contribution in [1.82, 2.24) is 15.0 Å². The van der Waals surface area contributed by atoms with E-state index in [9.17, 15) is 9.59 Å². The zero-order chi connectivity index (χ0) is 18.9. The van der Waals surface area contributed by atoms with Crippen LogP contribution in [0, 0.1) is 5.41 Å². The van der Waals surface area contributed by atoms with E-state index in [0.717, 1.165) is 37.9 Å². The van der Waals surface area contributed by atoms with E-state index in [1.54, 1.807) is 4.90 Å². The summed E-state index contributed by atoms with van der Waals surface area (Å²) in [7, 11) is 0. The maximum Gasteiger partial charge on any atom is 0.324 e. The molecule has 0 atom stereocenters. The molecule has 0 unspecified atom stereocenters. The Morgan fingerprint density at radius 1 is 1.19 bits per heavy atom. The van der Waals surface area contributed by atoms with Gasteiger partial charge in [0, 0.05) is 31.6 Å². The van der Waals surface area contributed by atoms with Crippen molar-refractivity contribution in [3.05, 3.63) is 30.3 Å². The molecule has 0 saturated carbocycles. The Labute approximate surface area is 157 Å². The molecule has 4 rings (SSSR count). The van der Waals surface area contributed by atoms with Crippen LogP contribution in [0.2, 0.25) is 0 Å². The summed E-state index contributed by atoms with van der Waals surface area (Å²) in [5.74, 6) is 0.144. The Kier molecular flexibility index (Phi) is 4.55. The fourth-order valence-electron chi connectivity index (χ4n) is 4.06. The van der Waals surface area contributed by atoms with Crippen molar-refractivity contribution in [2.24, 2.45) is 11.1 Å². The highest BCUT2D eigenvalue weighted by Crippen LogP contribution is 2.41. The summed E-state index contributed by atoms with van der Waals surface area (Å²) in [5.41, 5.74) is 6.25. The van der Waals surface area contributed by atoms with Crippen LogP contribution in [0.5, 0.6) is 0 Å². The van der Waals surface area contributed by atoms with Gasteiger partial charge in [0.05, 0.1) is 6.54 Å². The predicted molar refractivity (Wildman–Crippen MR) is 98.6 cm³/mol. The molecule has 3 heterocycles. The van der Waals surface area contributed by atoms with Crippen LogP contribution >= 0.6 is 0 Å². The first-order chi connectivity index (χ1) is 13.0. The lowest BCUT2D eigenvalue weighted by Crippen LogP contribution is -2.53. The van der Waals surface area contributed by atoms with E-state index in [0.29, 0.717) is 24.8 Å².